The molecule has 5 nitrogen and oxygen atoms in total. The van der Waals surface area contributed by atoms with Crippen molar-refractivity contribution in [2.45, 2.75) is 0 Å². The van der Waals surface area contributed by atoms with Crippen molar-refractivity contribution < 1.29 is 18.7 Å². The first-order valence-electron chi connectivity index (χ1n) is 8.21. The molecule has 0 radical (unpaired) electrons. The van der Waals surface area contributed by atoms with Gasteiger partial charge in [-0.1, -0.05) is 59.9 Å². The number of benzene rings is 3. The molecule has 0 saturated carbocycles. The largest absolute Gasteiger partial charge is 0.482 e. The van der Waals surface area contributed by atoms with Gasteiger partial charge in [-0.05, 0) is 23.8 Å². The van der Waals surface area contributed by atoms with Gasteiger partial charge in [0.1, 0.15) is 11.5 Å². The number of fused-ring (bicyclic) bond motifs is 1. The Labute approximate surface area is 158 Å². The van der Waals surface area contributed by atoms with Crippen molar-refractivity contribution >= 4 is 27.6 Å². The fourth-order valence-electron chi connectivity index (χ4n) is 2.66. The number of hydrogen-bond donors (Lipinski definition) is 0. The lowest BCUT2D eigenvalue weighted by Crippen LogP contribution is -2.17. The van der Waals surface area contributed by atoms with Crippen LogP contribution in [0.25, 0.3) is 21.4 Å². The maximum atomic E-state index is 12.1. The highest BCUT2D eigenvalue weighted by Gasteiger charge is 2.15. The van der Waals surface area contributed by atoms with Gasteiger partial charge in [0, 0.05) is 11.6 Å². The molecule has 0 bridgehead atoms. The van der Waals surface area contributed by atoms with Gasteiger partial charge in [0.05, 0.1) is 4.70 Å². The van der Waals surface area contributed by atoms with E-state index in [4.69, 9.17) is 13.9 Å². The van der Waals surface area contributed by atoms with Crippen molar-refractivity contribution in [3.8, 4) is 22.6 Å². The van der Waals surface area contributed by atoms with Gasteiger partial charge in [0.2, 0.25) is 0 Å². The zero-order valence-corrected chi connectivity index (χ0v) is 14.9. The maximum Gasteiger partial charge on any atom is 0.396 e. The summed E-state index contributed by atoms with van der Waals surface area (Å²) < 4.78 is 16.8. The van der Waals surface area contributed by atoms with E-state index < -0.39 is 10.9 Å². The molecule has 3 aromatic carbocycles. The van der Waals surface area contributed by atoms with Crippen LogP contribution in [0, 0.1) is 0 Å². The predicted octanol–water partition coefficient (Wildman–Crippen LogP) is 4.51. The van der Waals surface area contributed by atoms with Crippen LogP contribution < -0.4 is 14.4 Å². The molecule has 0 spiro atoms. The minimum Gasteiger partial charge on any atom is -0.482 e. The van der Waals surface area contributed by atoms with Gasteiger partial charge in [-0.3, -0.25) is 0 Å². The topological polar surface area (TPSA) is 65.7 Å². The average molecular weight is 378 g/mol. The first-order chi connectivity index (χ1) is 13.2. The summed E-state index contributed by atoms with van der Waals surface area (Å²) in [7, 11) is 0. The number of ether oxygens (including phenoxy) is 2. The number of carbonyl (C=O) groups excluding carboxylic acids is 1. The second-order valence-corrected chi connectivity index (χ2v) is 6.67. The number of para-hydroxylation sites is 1. The Hall–Kier alpha value is -3.38. The van der Waals surface area contributed by atoms with Crippen LogP contribution in [0.1, 0.15) is 0 Å². The van der Waals surface area contributed by atoms with Crippen molar-refractivity contribution in [2.75, 3.05) is 6.61 Å². The zero-order valence-electron chi connectivity index (χ0n) is 14.1. The molecule has 0 atom stereocenters. The molecule has 6 heteroatoms. The summed E-state index contributed by atoms with van der Waals surface area (Å²) in [6.45, 7) is -0.218. The van der Waals surface area contributed by atoms with E-state index in [1.165, 1.54) is 0 Å². The van der Waals surface area contributed by atoms with Gasteiger partial charge in [0.25, 0.3) is 0 Å². The van der Waals surface area contributed by atoms with E-state index in [1.807, 2.05) is 48.5 Å². The average Bonchev–Trinajstić information content (AvgIpc) is 3.07. The van der Waals surface area contributed by atoms with Crippen LogP contribution in [0.5, 0.6) is 11.5 Å². The fourth-order valence-corrected chi connectivity index (χ4v) is 3.39. The highest BCUT2D eigenvalue weighted by atomic mass is 32.1. The van der Waals surface area contributed by atoms with Gasteiger partial charge in [0.15, 0.2) is 12.2 Å². The molecule has 134 valence electrons. The van der Waals surface area contributed by atoms with E-state index in [9.17, 15) is 9.59 Å². The van der Waals surface area contributed by atoms with E-state index in [1.54, 1.807) is 24.3 Å². The first-order valence-corrected chi connectivity index (χ1v) is 9.02. The second kappa shape index (κ2) is 7.47. The monoisotopic (exact) mass is 378 g/mol. The molecule has 27 heavy (non-hydrogen) atoms. The Bertz CT molecular complexity index is 1130. The van der Waals surface area contributed by atoms with Crippen LogP contribution in [-0.2, 0) is 4.79 Å². The Morgan fingerprint density at radius 1 is 0.926 bits per heavy atom. The van der Waals surface area contributed by atoms with Crippen LogP contribution in [0.15, 0.2) is 82.0 Å². The van der Waals surface area contributed by atoms with E-state index in [-0.39, 0.29) is 6.61 Å². The standard InChI is InChI=1S/C21H14O5S/c22-19(13-24-15-9-5-2-6-10-15)25-16-11-17(14-7-3-1-4-8-14)20-18(12-16)27-21(23)26-20/h1-12H,13H2. The molecule has 1 heterocycles. The number of carbonyl (C=O) groups is 1. The van der Waals surface area contributed by atoms with Gasteiger partial charge in [-0.25, -0.2) is 9.59 Å². The Kier molecular flexibility index (Phi) is 4.72. The van der Waals surface area contributed by atoms with E-state index >= 15 is 0 Å². The molecular formula is C21H14O5S. The van der Waals surface area contributed by atoms with E-state index in [0.29, 0.717) is 27.3 Å². The SMILES string of the molecule is O=C(COc1ccccc1)Oc1cc(-c2ccccc2)c2oc(=O)sc2c1. The Morgan fingerprint density at radius 2 is 1.63 bits per heavy atom. The number of hydrogen-bond acceptors (Lipinski definition) is 6. The molecule has 0 saturated heterocycles. The van der Waals surface area contributed by atoms with Crippen molar-refractivity contribution in [1.82, 2.24) is 0 Å². The van der Waals surface area contributed by atoms with Crippen LogP contribution in [0.3, 0.4) is 0 Å². The molecule has 0 fully saturated rings. The molecule has 0 N–H and O–H groups in total. The Balaban J connectivity index is 1.60. The highest BCUT2D eigenvalue weighted by Crippen LogP contribution is 2.34. The molecule has 1 aromatic heterocycles. The minimum atomic E-state index is -0.534. The maximum absolute atomic E-state index is 12.1. The van der Waals surface area contributed by atoms with Crippen LogP contribution in [0.4, 0.5) is 0 Å². The van der Waals surface area contributed by atoms with E-state index in [0.717, 1.165) is 16.9 Å². The number of esters is 1. The van der Waals surface area contributed by atoms with Gasteiger partial charge in [-0.15, -0.1) is 0 Å². The summed E-state index contributed by atoms with van der Waals surface area (Å²) in [6, 6.07) is 21.8. The molecule has 4 rings (SSSR count). The Morgan fingerprint density at radius 3 is 2.37 bits per heavy atom. The molecule has 0 aliphatic rings. The normalized spacial score (nSPS) is 10.7. The predicted molar refractivity (Wildman–Crippen MR) is 103 cm³/mol. The van der Waals surface area contributed by atoms with Crippen LogP contribution in [0.2, 0.25) is 0 Å². The number of rotatable bonds is 5. The second-order valence-electron chi connectivity index (χ2n) is 5.69. The fraction of sp³-hybridized carbons (Fsp3) is 0.0476. The molecule has 0 aliphatic carbocycles. The lowest BCUT2D eigenvalue weighted by molar-refractivity contribution is -0.136. The molecular weight excluding hydrogens is 364 g/mol. The summed E-state index contributed by atoms with van der Waals surface area (Å²) in [5.41, 5.74) is 2.04. The van der Waals surface area contributed by atoms with Crippen LogP contribution >= 0.6 is 11.3 Å². The summed E-state index contributed by atoms with van der Waals surface area (Å²) >= 11 is 0.968. The lowest BCUT2D eigenvalue weighted by Gasteiger charge is -2.09. The van der Waals surface area contributed by atoms with Crippen molar-refractivity contribution in [3.63, 3.8) is 0 Å². The van der Waals surface area contributed by atoms with Crippen molar-refractivity contribution in [3.05, 3.63) is 82.5 Å². The zero-order chi connectivity index (χ0) is 18.6. The molecule has 0 aliphatic heterocycles. The van der Waals surface area contributed by atoms with Crippen molar-refractivity contribution in [2.24, 2.45) is 0 Å². The third-order valence-electron chi connectivity index (χ3n) is 3.82. The summed E-state index contributed by atoms with van der Waals surface area (Å²) in [4.78, 5) is 23.4. The highest BCUT2D eigenvalue weighted by molar-refractivity contribution is 7.16. The van der Waals surface area contributed by atoms with Crippen molar-refractivity contribution in [1.29, 1.82) is 0 Å². The molecule has 4 aromatic rings. The van der Waals surface area contributed by atoms with Crippen LogP contribution in [-0.4, -0.2) is 12.6 Å². The minimum absolute atomic E-state index is 0.218. The molecule has 0 amide bonds. The van der Waals surface area contributed by atoms with E-state index in [2.05, 4.69) is 0 Å². The van der Waals surface area contributed by atoms with Gasteiger partial charge in [-0.2, -0.15) is 0 Å². The van der Waals surface area contributed by atoms with Gasteiger partial charge < -0.3 is 13.9 Å². The molecule has 0 unspecified atom stereocenters. The third kappa shape index (κ3) is 3.91. The quantitative estimate of drug-likeness (QED) is 0.378. The summed E-state index contributed by atoms with van der Waals surface area (Å²) in [5, 5.41) is 0. The third-order valence-corrected chi connectivity index (χ3v) is 4.60. The smallest absolute Gasteiger partial charge is 0.396 e. The lowest BCUT2D eigenvalue weighted by atomic mass is 10.0. The van der Waals surface area contributed by atoms with Gasteiger partial charge >= 0.3 is 10.9 Å². The first kappa shape index (κ1) is 17.1. The summed E-state index contributed by atoms with van der Waals surface area (Å²) in [5.74, 6) is 0.385. The summed E-state index contributed by atoms with van der Waals surface area (Å²) in [6.07, 6.45) is 0.